The lowest BCUT2D eigenvalue weighted by Crippen LogP contribution is -2.32. The van der Waals surface area contributed by atoms with Gasteiger partial charge in [-0.05, 0) is 36.5 Å². The number of aromatic nitrogens is 2. The maximum atomic E-state index is 14.0. The van der Waals surface area contributed by atoms with Gasteiger partial charge in [0.25, 0.3) is 5.56 Å². The Morgan fingerprint density at radius 2 is 1.82 bits per heavy atom. The molecule has 1 heterocycles. The zero-order chi connectivity index (χ0) is 20.1. The Morgan fingerprint density at radius 3 is 2.54 bits per heavy atom. The molecule has 0 fully saturated rings. The molecule has 0 saturated heterocycles. The first kappa shape index (κ1) is 19.0. The standard InChI is InChI=1S/C18H14FN5O3S/c19-13-8-4-5-9-14(13)24-16(26)12(15(25)22-18(24)27)10-20-23-17(28)21-11-6-2-1-3-7-11/h1-10,26H,(H2,21,23,28)(H,22,25,27)/b20-10+. The molecular weight excluding hydrogens is 385 g/mol. The van der Waals surface area contributed by atoms with Crippen LogP contribution in [0, 0.1) is 5.82 Å². The number of nitrogens with zero attached hydrogens (tertiary/aromatic N) is 2. The maximum absolute atomic E-state index is 14.0. The summed E-state index contributed by atoms with van der Waals surface area (Å²) in [6.45, 7) is 0. The van der Waals surface area contributed by atoms with Gasteiger partial charge in [0.1, 0.15) is 11.4 Å². The van der Waals surface area contributed by atoms with Crippen LogP contribution in [0.25, 0.3) is 5.69 Å². The topological polar surface area (TPSA) is 112 Å². The SMILES string of the molecule is O=c1[nH]c(=O)n(-c2ccccc2F)c(O)c1/C=N/NC(=S)Nc1ccccc1. The molecule has 0 unspecified atom stereocenters. The van der Waals surface area contributed by atoms with Crippen LogP contribution in [0.5, 0.6) is 5.88 Å². The van der Waals surface area contributed by atoms with E-state index in [0.29, 0.717) is 4.57 Å². The molecule has 28 heavy (non-hydrogen) atoms. The third-order valence-electron chi connectivity index (χ3n) is 3.61. The minimum Gasteiger partial charge on any atom is -0.493 e. The molecule has 1 aromatic heterocycles. The van der Waals surface area contributed by atoms with E-state index in [-0.39, 0.29) is 16.4 Å². The first-order valence-corrected chi connectivity index (χ1v) is 8.36. The van der Waals surface area contributed by atoms with Crippen LogP contribution in [0.4, 0.5) is 10.1 Å². The molecule has 3 aromatic rings. The Morgan fingerprint density at radius 1 is 1.14 bits per heavy atom. The number of para-hydroxylation sites is 2. The van der Waals surface area contributed by atoms with Crippen LogP contribution >= 0.6 is 12.2 Å². The molecular formula is C18H14FN5O3S. The molecule has 0 aliphatic heterocycles. The van der Waals surface area contributed by atoms with Gasteiger partial charge in [-0.3, -0.25) is 15.2 Å². The Hall–Kier alpha value is -3.79. The Kier molecular flexibility index (Phi) is 5.61. The minimum atomic E-state index is -0.987. The molecule has 10 heteroatoms. The Bertz CT molecular complexity index is 1160. The highest BCUT2D eigenvalue weighted by Gasteiger charge is 2.16. The van der Waals surface area contributed by atoms with Crippen molar-refractivity contribution < 1.29 is 9.50 Å². The zero-order valence-corrected chi connectivity index (χ0v) is 15.0. The van der Waals surface area contributed by atoms with Crippen molar-refractivity contribution in [2.75, 3.05) is 5.32 Å². The summed E-state index contributed by atoms with van der Waals surface area (Å²) in [6, 6.07) is 14.4. The van der Waals surface area contributed by atoms with E-state index in [1.54, 1.807) is 12.1 Å². The molecule has 3 rings (SSSR count). The van der Waals surface area contributed by atoms with Crippen LogP contribution in [0.1, 0.15) is 5.56 Å². The highest BCUT2D eigenvalue weighted by atomic mass is 32.1. The lowest BCUT2D eigenvalue weighted by Gasteiger charge is -2.10. The van der Waals surface area contributed by atoms with Crippen molar-refractivity contribution >= 4 is 29.2 Å². The quantitative estimate of drug-likeness (QED) is 0.302. The van der Waals surface area contributed by atoms with Crippen molar-refractivity contribution in [1.29, 1.82) is 0 Å². The van der Waals surface area contributed by atoms with E-state index in [1.165, 1.54) is 18.2 Å². The second kappa shape index (κ2) is 8.27. The van der Waals surface area contributed by atoms with Gasteiger partial charge in [0.15, 0.2) is 5.11 Å². The molecule has 0 aliphatic carbocycles. The first-order valence-electron chi connectivity index (χ1n) is 7.95. The maximum Gasteiger partial charge on any atom is 0.335 e. The van der Waals surface area contributed by atoms with Crippen molar-refractivity contribution in [2.45, 2.75) is 0 Å². The Labute approximate surface area is 163 Å². The molecule has 2 aromatic carbocycles. The van der Waals surface area contributed by atoms with Crippen LogP contribution in [-0.4, -0.2) is 26.0 Å². The smallest absolute Gasteiger partial charge is 0.335 e. The van der Waals surface area contributed by atoms with Gasteiger partial charge in [0, 0.05) is 5.69 Å². The molecule has 0 atom stereocenters. The largest absolute Gasteiger partial charge is 0.493 e. The molecule has 142 valence electrons. The normalized spacial score (nSPS) is 10.8. The number of halogens is 1. The fraction of sp³-hybridized carbons (Fsp3) is 0. The number of H-pyrrole nitrogens is 1. The summed E-state index contributed by atoms with van der Waals surface area (Å²) >= 11 is 5.07. The van der Waals surface area contributed by atoms with Crippen LogP contribution in [0.2, 0.25) is 0 Å². The van der Waals surface area contributed by atoms with Gasteiger partial charge in [-0.15, -0.1) is 0 Å². The first-order chi connectivity index (χ1) is 13.5. The van der Waals surface area contributed by atoms with Crippen molar-refractivity contribution in [3.05, 3.63) is 86.8 Å². The number of benzene rings is 2. The van der Waals surface area contributed by atoms with Gasteiger partial charge in [-0.25, -0.2) is 13.8 Å². The van der Waals surface area contributed by atoms with Crippen LogP contribution in [0.15, 0.2) is 69.3 Å². The number of thiocarbonyl (C=S) groups is 1. The summed E-state index contributed by atoms with van der Waals surface area (Å²) in [4.78, 5) is 26.1. The van der Waals surface area contributed by atoms with E-state index in [2.05, 4.69) is 15.8 Å². The molecule has 0 bridgehead atoms. The number of hydrogen-bond acceptors (Lipinski definition) is 5. The van der Waals surface area contributed by atoms with E-state index in [0.717, 1.165) is 18.0 Å². The molecule has 8 nitrogen and oxygen atoms in total. The summed E-state index contributed by atoms with van der Waals surface area (Å²) in [6.07, 6.45) is 0.976. The number of hydrogen-bond donors (Lipinski definition) is 4. The third kappa shape index (κ3) is 4.13. The lowest BCUT2D eigenvalue weighted by atomic mass is 10.2. The number of hydrazone groups is 1. The summed E-state index contributed by atoms with van der Waals surface area (Å²) in [7, 11) is 0. The fourth-order valence-corrected chi connectivity index (χ4v) is 2.52. The van der Waals surface area contributed by atoms with E-state index in [4.69, 9.17) is 12.2 Å². The minimum absolute atomic E-state index is 0.140. The Balaban J connectivity index is 1.86. The summed E-state index contributed by atoms with van der Waals surface area (Å²) in [5.74, 6) is -1.51. The highest BCUT2D eigenvalue weighted by molar-refractivity contribution is 7.80. The summed E-state index contributed by atoms with van der Waals surface area (Å²) in [5, 5.41) is 17.1. The monoisotopic (exact) mass is 399 g/mol. The van der Waals surface area contributed by atoms with Crippen LogP contribution in [0.3, 0.4) is 0 Å². The predicted molar refractivity (Wildman–Crippen MR) is 108 cm³/mol. The number of nitrogens with one attached hydrogen (secondary N) is 3. The van der Waals surface area contributed by atoms with Gasteiger partial charge >= 0.3 is 5.69 Å². The predicted octanol–water partition coefficient (Wildman–Crippen LogP) is 1.69. The molecule has 4 N–H and O–H groups in total. The van der Waals surface area contributed by atoms with E-state index < -0.39 is 22.9 Å². The average Bonchev–Trinajstić information content (AvgIpc) is 2.66. The summed E-state index contributed by atoms with van der Waals surface area (Å²) in [5.41, 5.74) is 0.769. The second-order valence-corrected chi connectivity index (χ2v) is 5.88. The van der Waals surface area contributed by atoms with E-state index in [1.807, 2.05) is 23.2 Å². The van der Waals surface area contributed by atoms with Gasteiger partial charge in [0.2, 0.25) is 5.88 Å². The molecule has 0 aliphatic rings. The number of aromatic amines is 1. The van der Waals surface area contributed by atoms with Gasteiger partial charge in [0.05, 0.1) is 11.9 Å². The van der Waals surface area contributed by atoms with Gasteiger partial charge in [-0.2, -0.15) is 5.10 Å². The third-order valence-corrected chi connectivity index (χ3v) is 3.80. The van der Waals surface area contributed by atoms with Crippen LogP contribution < -0.4 is 22.0 Å². The zero-order valence-electron chi connectivity index (χ0n) is 14.2. The molecule has 0 saturated carbocycles. The fourth-order valence-electron chi connectivity index (χ4n) is 2.35. The lowest BCUT2D eigenvalue weighted by molar-refractivity contribution is 0.427. The molecule has 0 radical (unpaired) electrons. The highest BCUT2D eigenvalue weighted by Crippen LogP contribution is 2.17. The van der Waals surface area contributed by atoms with Gasteiger partial charge < -0.3 is 10.4 Å². The van der Waals surface area contributed by atoms with E-state index >= 15 is 0 Å². The number of anilines is 1. The average molecular weight is 399 g/mol. The van der Waals surface area contributed by atoms with Gasteiger partial charge in [-0.1, -0.05) is 30.3 Å². The van der Waals surface area contributed by atoms with Crippen molar-refractivity contribution in [3.63, 3.8) is 0 Å². The van der Waals surface area contributed by atoms with Crippen LogP contribution in [-0.2, 0) is 0 Å². The molecule has 0 amide bonds. The van der Waals surface area contributed by atoms with Crippen molar-refractivity contribution in [1.82, 2.24) is 15.0 Å². The number of aromatic hydroxyl groups is 1. The number of rotatable bonds is 4. The van der Waals surface area contributed by atoms with Crippen molar-refractivity contribution in [2.24, 2.45) is 5.10 Å². The van der Waals surface area contributed by atoms with E-state index in [9.17, 15) is 19.1 Å². The van der Waals surface area contributed by atoms with Crippen molar-refractivity contribution in [3.8, 4) is 11.6 Å². The summed E-state index contributed by atoms with van der Waals surface area (Å²) < 4.78 is 14.6. The second-order valence-electron chi connectivity index (χ2n) is 5.47. The molecule has 0 spiro atoms.